The Morgan fingerprint density at radius 3 is 2.71 bits per heavy atom. The molecule has 1 fully saturated rings. The molecule has 0 bridgehead atoms. The average molecular weight is 382 g/mol. The molecule has 28 heavy (non-hydrogen) atoms. The zero-order valence-corrected chi connectivity index (χ0v) is 15.6. The zero-order valence-electron chi connectivity index (χ0n) is 15.6. The molecular formula is C19H22N6O3. The molecule has 2 heterocycles. The fourth-order valence-electron chi connectivity index (χ4n) is 3.91. The van der Waals surface area contributed by atoms with E-state index < -0.39 is 5.54 Å². The topological polar surface area (TPSA) is 133 Å². The van der Waals surface area contributed by atoms with Gasteiger partial charge >= 0.3 is 0 Å². The number of carbonyl (C=O) groups excluding carboxylic acids is 1. The summed E-state index contributed by atoms with van der Waals surface area (Å²) in [6, 6.07) is 9.39. The molecule has 1 aromatic carbocycles. The van der Waals surface area contributed by atoms with Gasteiger partial charge < -0.3 is 25.6 Å². The molecule has 0 saturated heterocycles. The lowest BCUT2D eigenvalue weighted by Gasteiger charge is -2.33. The van der Waals surface area contributed by atoms with Crippen LogP contribution in [0.3, 0.4) is 0 Å². The van der Waals surface area contributed by atoms with Gasteiger partial charge in [-0.2, -0.15) is 0 Å². The summed E-state index contributed by atoms with van der Waals surface area (Å²) in [6.45, 7) is -0.0666. The van der Waals surface area contributed by atoms with E-state index in [1.54, 1.807) is 11.9 Å². The second-order valence-electron chi connectivity index (χ2n) is 7.01. The van der Waals surface area contributed by atoms with Crippen molar-refractivity contribution in [1.29, 1.82) is 0 Å². The van der Waals surface area contributed by atoms with Crippen molar-refractivity contribution < 1.29 is 14.0 Å². The predicted octanol–water partition coefficient (Wildman–Crippen LogP) is 1.52. The number of nitrogens with two attached hydrogens (primary N) is 2. The normalized spacial score (nSPS) is 19.1. The van der Waals surface area contributed by atoms with Crippen LogP contribution in [0.2, 0.25) is 0 Å². The van der Waals surface area contributed by atoms with Gasteiger partial charge in [-0.3, -0.25) is 4.79 Å². The maximum atomic E-state index is 12.6. The first-order valence-corrected chi connectivity index (χ1v) is 9.15. The number of amides is 1. The summed E-state index contributed by atoms with van der Waals surface area (Å²) in [7, 11) is 1.76. The summed E-state index contributed by atoms with van der Waals surface area (Å²) in [5, 5.41) is 11.8. The van der Waals surface area contributed by atoms with Crippen LogP contribution in [0.4, 0.5) is 0 Å². The number of carbonyl (C=O) groups is 1. The lowest BCUT2D eigenvalue weighted by molar-refractivity contribution is -0.127. The highest BCUT2D eigenvalue weighted by molar-refractivity contribution is 6.22. The number of aromatic nitrogens is 2. The number of nitrogens with zero attached hydrogens (tertiary/aromatic N) is 4. The molecule has 1 amide bonds. The van der Waals surface area contributed by atoms with E-state index in [1.165, 1.54) is 0 Å². The van der Waals surface area contributed by atoms with Gasteiger partial charge in [0, 0.05) is 12.6 Å². The van der Waals surface area contributed by atoms with Crippen molar-refractivity contribution in [1.82, 2.24) is 15.1 Å². The van der Waals surface area contributed by atoms with E-state index in [0.717, 1.165) is 31.2 Å². The average Bonchev–Trinajstić information content (AvgIpc) is 3.41. The van der Waals surface area contributed by atoms with Crippen LogP contribution >= 0.6 is 0 Å². The third-order valence-corrected chi connectivity index (χ3v) is 5.46. The first kappa shape index (κ1) is 18.0. The van der Waals surface area contributed by atoms with Crippen LogP contribution < -0.4 is 11.5 Å². The Hall–Kier alpha value is -3.36. The third kappa shape index (κ3) is 2.88. The number of hydrogen-bond donors (Lipinski definition) is 2. The fourth-order valence-corrected chi connectivity index (χ4v) is 3.91. The van der Waals surface area contributed by atoms with Gasteiger partial charge in [-0.1, -0.05) is 36.2 Å². The van der Waals surface area contributed by atoms with Crippen LogP contribution in [-0.4, -0.2) is 39.4 Å². The number of benzene rings is 1. The molecule has 0 unspecified atom stereocenters. The van der Waals surface area contributed by atoms with Crippen molar-refractivity contribution >= 4 is 11.7 Å². The Labute approximate surface area is 162 Å². The fraction of sp³-hybridized carbons (Fsp3) is 0.368. The maximum absolute atomic E-state index is 12.6. The van der Waals surface area contributed by atoms with Gasteiger partial charge in [0.05, 0.1) is 11.2 Å². The number of likely N-dealkylation sites (N-methyl/N-ethyl adjacent to an activating group) is 1. The first-order valence-electron chi connectivity index (χ1n) is 9.15. The minimum absolute atomic E-state index is 0.0408. The van der Waals surface area contributed by atoms with Crippen molar-refractivity contribution in [3.8, 4) is 11.5 Å². The molecule has 1 aromatic heterocycles. The summed E-state index contributed by atoms with van der Waals surface area (Å²) in [5.41, 5.74) is 13.4. The summed E-state index contributed by atoms with van der Waals surface area (Å²) < 4.78 is 5.54. The highest BCUT2D eigenvalue weighted by Crippen LogP contribution is 2.44. The van der Waals surface area contributed by atoms with Gasteiger partial charge in [0.1, 0.15) is 5.57 Å². The summed E-state index contributed by atoms with van der Waals surface area (Å²) >= 11 is 0. The highest BCUT2D eigenvalue weighted by atomic mass is 16.6. The van der Waals surface area contributed by atoms with Crippen LogP contribution in [0.1, 0.15) is 31.6 Å². The van der Waals surface area contributed by atoms with Crippen LogP contribution in [0.25, 0.3) is 11.5 Å². The largest absolute Gasteiger partial charge is 0.417 e. The lowest BCUT2D eigenvalue weighted by Crippen LogP contribution is -2.45. The highest BCUT2D eigenvalue weighted by Gasteiger charge is 2.51. The lowest BCUT2D eigenvalue weighted by atomic mass is 9.93. The maximum Gasteiger partial charge on any atom is 0.260 e. The molecule has 0 radical (unpaired) electrons. The van der Waals surface area contributed by atoms with Gasteiger partial charge in [0.15, 0.2) is 12.4 Å². The van der Waals surface area contributed by atoms with E-state index in [1.807, 2.05) is 30.3 Å². The Morgan fingerprint density at radius 2 is 2.00 bits per heavy atom. The molecule has 1 saturated carbocycles. The van der Waals surface area contributed by atoms with Crippen LogP contribution in [0, 0.1) is 0 Å². The van der Waals surface area contributed by atoms with E-state index in [9.17, 15) is 4.79 Å². The summed E-state index contributed by atoms with van der Waals surface area (Å²) in [4.78, 5) is 19.6. The number of oxime groups is 1. The van der Waals surface area contributed by atoms with Gasteiger partial charge in [0.2, 0.25) is 5.89 Å². The van der Waals surface area contributed by atoms with E-state index in [0.29, 0.717) is 11.6 Å². The van der Waals surface area contributed by atoms with Crippen molar-refractivity contribution in [3.05, 3.63) is 47.5 Å². The minimum atomic E-state index is -0.441. The Balaban J connectivity index is 1.46. The molecular weight excluding hydrogens is 360 g/mol. The van der Waals surface area contributed by atoms with Crippen molar-refractivity contribution in [2.45, 2.75) is 37.8 Å². The number of hydrogen-bond acceptors (Lipinski definition) is 7. The van der Waals surface area contributed by atoms with Crippen molar-refractivity contribution in [2.24, 2.45) is 16.6 Å². The van der Waals surface area contributed by atoms with Crippen molar-refractivity contribution in [3.63, 3.8) is 0 Å². The smallest absolute Gasteiger partial charge is 0.260 e. The quantitative estimate of drug-likeness (QED) is 0.455. The van der Waals surface area contributed by atoms with Gasteiger partial charge in [-0.25, -0.2) is 0 Å². The number of rotatable bonds is 5. The molecule has 1 aliphatic heterocycles. The molecule has 146 valence electrons. The summed E-state index contributed by atoms with van der Waals surface area (Å²) in [6.07, 6.45) is 3.73. The minimum Gasteiger partial charge on any atom is -0.417 e. The predicted molar refractivity (Wildman–Crippen MR) is 101 cm³/mol. The zero-order chi connectivity index (χ0) is 19.7. The van der Waals surface area contributed by atoms with Crippen molar-refractivity contribution in [2.75, 3.05) is 7.05 Å². The Bertz CT molecular complexity index is 944. The van der Waals surface area contributed by atoms with Gasteiger partial charge in [0.25, 0.3) is 11.8 Å². The first-order chi connectivity index (χ1) is 13.5. The third-order valence-electron chi connectivity index (χ3n) is 5.46. The van der Waals surface area contributed by atoms with Gasteiger partial charge in [-0.15, -0.1) is 10.2 Å². The Kier molecular flexibility index (Phi) is 4.50. The molecule has 9 heteroatoms. The number of amidine groups is 1. The standard InChI is InChI=1S/C19H22N6O3/c1-25-18(26)14(15(20)19(25)9-5-6-10-19)16(21)24-27-11-13-22-23-17(28-13)12-7-3-2-4-8-12/h2-4,7-8H,5-6,9-11,20H2,1H3,(H2,21,24). The molecule has 4 rings (SSSR count). The monoisotopic (exact) mass is 382 g/mol. The van der Waals surface area contributed by atoms with Gasteiger partial charge in [-0.05, 0) is 25.0 Å². The van der Waals surface area contributed by atoms with Crippen LogP contribution in [-0.2, 0) is 16.2 Å². The summed E-state index contributed by atoms with van der Waals surface area (Å²) in [5.74, 6) is 0.368. The molecule has 2 aromatic rings. The van der Waals surface area contributed by atoms with Crippen LogP contribution in [0.15, 0.2) is 51.2 Å². The SMILES string of the molecule is CN1C(=O)C(/C(N)=N/OCc2nnc(-c3ccccc3)o2)=C(N)C12CCCC2. The molecule has 2 aliphatic rings. The molecule has 1 aliphatic carbocycles. The molecule has 4 N–H and O–H groups in total. The molecule has 1 spiro atoms. The van der Waals surface area contributed by atoms with E-state index in [4.69, 9.17) is 20.7 Å². The second-order valence-corrected chi connectivity index (χ2v) is 7.01. The van der Waals surface area contributed by atoms with E-state index in [-0.39, 0.29) is 29.8 Å². The van der Waals surface area contributed by atoms with E-state index in [2.05, 4.69) is 15.4 Å². The molecule has 9 nitrogen and oxygen atoms in total. The van der Waals surface area contributed by atoms with E-state index >= 15 is 0 Å². The Morgan fingerprint density at radius 1 is 1.29 bits per heavy atom. The van der Waals surface area contributed by atoms with Crippen LogP contribution in [0.5, 0.6) is 0 Å². The molecule has 0 atom stereocenters. The second kappa shape index (κ2) is 6.99.